The zero-order chi connectivity index (χ0) is 11.0. The molecule has 1 saturated carbocycles. The smallest absolute Gasteiger partial charge is 0.123 e. The van der Waals surface area contributed by atoms with E-state index in [0.717, 1.165) is 18.7 Å². The lowest BCUT2D eigenvalue weighted by molar-refractivity contribution is -0.000941. The van der Waals surface area contributed by atoms with Crippen LogP contribution in [0.5, 0.6) is 5.75 Å². The van der Waals surface area contributed by atoms with Crippen LogP contribution < -0.4 is 10.5 Å². The molecule has 1 aromatic carbocycles. The van der Waals surface area contributed by atoms with Gasteiger partial charge in [-0.05, 0) is 37.4 Å². The number of para-hydroxylation sites is 1. The third kappa shape index (κ3) is 1.44. The summed E-state index contributed by atoms with van der Waals surface area (Å²) >= 11 is 0. The van der Waals surface area contributed by atoms with E-state index in [9.17, 15) is 0 Å². The van der Waals surface area contributed by atoms with Crippen molar-refractivity contribution in [2.24, 2.45) is 11.7 Å². The number of benzene rings is 1. The van der Waals surface area contributed by atoms with Gasteiger partial charge in [0.15, 0.2) is 0 Å². The molecule has 0 radical (unpaired) electrons. The molecular formula is C14H19NO. The molecule has 2 atom stereocenters. The number of nitrogens with two attached hydrogens (primary N) is 1. The molecule has 1 fully saturated rings. The molecule has 2 unspecified atom stereocenters. The fourth-order valence-corrected chi connectivity index (χ4v) is 3.31. The van der Waals surface area contributed by atoms with Crippen molar-refractivity contribution in [3.63, 3.8) is 0 Å². The van der Waals surface area contributed by atoms with Gasteiger partial charge in [0.1, 0.15) is 11.4 Å². The van der Waals surface area contributed by atoms with Gasteiger partial charge in [0.2, 0.25) is 0 Å². The van der Waals surface area contributed by atoms with Crippen molar-refractivity contribution in [2.75, 3.05) is 6.54 Å². The Hall–Kier alpha value is -1.02. The fraction of sp³-hybridized carbons (Fsp3) is 0.571. The van der Waals surface area contributed by atoms with Gasteiger partial charge >= 0.3 is 0 Å². The van der Waals surface area contributed by atoms with Crippen molar-refractivity contribution in [1.82, 2.24) is 0 Å². The van der Waals surface area contributed by atoms with Gasteiger partial charge in [-0.3, -0.25) is 0 Å². The maximum absolute atomic E-state index is 6.26. The summed E-state index contributed by atoms with van der Waals surface area (Å²) < 4.78 is 6.26. The Labute approximate surface area is 96.8 Å². The van der Waals surface area contributed by atoms with E-state index in [1.54, 1.807) is 0 Å². The van der Waals surface area contributed by atoms with Gasteiger partial charge in [0.25, 0.3) is 0 Å². The summed E-state index contributed by atoms with van der Waals surface area (Å²) in [6, 6.07) is 8.43. The summed E-state index contributed by atoms with van der Waals surface area (Å²) in [5.41, 5.74) is 7.30. The van der Waals surface area contributed by atoms with E-state index >= 15 is 0 Å². The highest BCUT2D eigenvalue weighted by molar-refractivity contribution is 5.39. The molecule has 2 aliphatic rings. The lowest BCUT2D eigenvalue weighted by Crippen LogP contribution is -2.48. The first kappa shape index (κ1) is 10.2. The van der Waals surface area contributed by atoms with E-state index in [0.29, 0.717) is 5.92 Å². The van der Waals surface area contributed by atoms with Crippen LogP contribution in [0.2, 0.25) is 0 Å². The predicted octanol–water partition coefficient (Wildman–Crippen LogP) is 2.51. The lowest BCUT2D eigenvalue weighted by Gasteiger charge is -2.40. The number of fused-ring (bicyclic) bond motifs is 1. The molecule has 1 aliphatic heterocycles. The van der Waals surface area contributed by atoms with Gasteiger partial charge in [-0.25, -0.2) is 0 Å². The highest BCUT2D eigenvalue weighted by atomic mass is 16.5. The van der Waals surface area contributed by atoms with Crippen LogP contribution in [0.25, 0.3) is 0 Å². The van der Waals surface area contributed by atoms with Crippen LogP contribution in [-0.2, 0) is 6.42 Å². The van der Waals surface area contributed by atoms with Crippen LogP contribution in [0.4, 0.5) is 0 Å². The quantitative estimate of drug-likeness (QED) is 0.784. The third-order valence-corrected chi connectivity index (χ3v) is 4.21. The average Bonchev–Trinajstić information content (AvgIpc) is 2.68. The second-order valence-corrected chi connectivity index (χ2v) is 5.13. The highest BCUT2D eigenvalue weighted by Gasteiger charge is 2.46. The van der Waals surface area contributed by atoms with Crippen LogP contribution >= 0.6 is 0 Å². The van der Waals surface area contributed by atoms with Gasteiger partial charge < -0.3 is 10.5 Å². The van der Waals surface area contributed by atoms with E-state index < -0.39 is 0 Å². The van der Waals surface area contributed by atoms with Crippen LogP contribution in [0, 0.1) is 5.92 Å². The molecule has 2 heteroatoms. The molecule has 0 aromatic heterocycles. The van der Waals surface area contributed by atoms with E-state index in [1.807, 2.05) is 0 Å². The minimum Gasteiger partial charge on any atom is -0.486 e. The van der Waals surface area contributed by atoms with Gasteiger partial charge in [-0.15, -0.1) is 0 Å². The van der Waals surface area contributed by atoms with Crippen LogP contribution in [0.15, 0.2) is 24.3 Å². The lowest BCUT2D eigenvalue weighted by atomic mass is 9.73. The number of ether oxygens (including phenoxy) is 1. The zero-order valence-electron chi connectivity index (χ0n) is 9.61. The average molecular weight is 217 g/mol. The Morgan fingerprint density at radius 3 is 3.00 bits per heavy atom. The SMILES string of the molecule is NCC1CCCCC12Cc1ccccc1O2. The largest absolute Gasteiger partial charge is 0.486 e. The first-order valence-corrected chi connectivity index (χ1v) is 6.31. The van der Waals surface area contributed by atoms with Crippen molar-refractivity contribution in [3.05, 3.63) is 29.8 Å². The van der Waals surface area contributed by atoms with E-state index in [4.69, 9.17) is 10.5 Å². The van der Waals surface area contributed by atoms with Crippen LogP contribution in [0.1, 0.15) is 31.2 Å². The number of hydrogen-bond acceptors (Lipinski definition) is 2. The third-order valence-electron chi connectivity index (χ3n) is 4.21. The molecule has 2 N–H and O–H groups in total. The van der Waals surface area contributed by atoms with Gasteiger partial charge in [-0.2, -0.15) is 0 Å². The van der Waals surface area contributed by atoms with Gasteiger partial charge in [0, 0.05) is 12.3 Å². The fourth-order valence-electron chi connectivity index (χ4n) is 3.31. The minimum absolute atomic E-state index is 0.0245. The second-order valence-electron chi connectivity index (χ2n) is 5.13. The van der Waals surface area contributed by atoms with E-state index in [2.05, 4.69) is 24.3 Å². The van der Waals surface area contributed by atoms with E-state index in [-0.39, 0.29) is 5.60 Å². The zero-order valence-corrected chi connectivity index (χ0v) is 9.61. The summed E-state index contributed by atoms with van der Waals surface area (Å²) in [5.74, 6) is 1.62. The first-order chi connectivity index (χ1) is 7.84. The number of hydrogen-bond donors (Lipinski definition) is 1. The Bertz CT molecular complexity index is 363. The van der Waals surface area contributed by atoms with Crippen LogP contribution in [-0.4, -0.2) is 12.1 Å². The minimum atomic E-state index is 0.0245. The maximum Gasteiger partial charge on any atom is 0.123 e. The molecule has 1 spiro atoms. The number of rotatable bonds is 1. The van der Waals surface area contributed by atoms with Gasteiger partial charge in [-0.1, -0.05) is 24.6 Å². The Morgan fingerprint density at radius 1 is 1.31 bits per heavy atom. The molecule has 0 amide bonds. The summed E-state index contributed by atoms with van der Waals surface area (Å²) in [6.45, 7) is 0.758. The summed E-state index contributed by atoms with van der Waals surface area (Å²) in [6.07, 6.45) is 6.05. The molecule has 1 heterocycles. The second kappa shape index (κ2) is 3.77. The van der Waals surface area contributed by atoms with Crippen molar-refractivity contribution >= 4 is 0 Å². The van der Waals surface area contributed by atoms with Crippen LogP contribution in [0.3, 0.4) is 0 Å². The Kier molecular flexibility index (Phi) is 2.40. The van der Waals surface area contributed by atoms with Crippen molar-refractivity contribution < 1.29 is 4.74 Å². The molecule has 1 aliphatic carbocycles. The maximum atomic E-state index is 6.26. The topological polar surface area (TPSA) is 35.2 Å². The molecular weight excluding hydrogens is 198 g/mol. The summed E-state index contributed by atoms with van der Waals surface area (Å²) in [7, 11) is 0. The van der Waals surface area contributed by atoms with E-state index in [1.165, 1.54) is 31.2 Å². The molecule has 3 rings (SSSR count). The molecule has 16 heavy (non-hydrogen) atoms. The predicted molar refractivity (Wildman–Crippen MR) is 64.5 cm³/mol. The first-order valence-electron chi connectivity index (χ1n) is 6.31. The molecule has 86 valence electrons. The standard InChI is InChI=1S/C14H19NO/c15-10-12-6-3-4-8-14(12)9-11-5-1-2-7-13(11)16-14/h1-2,5,7,12H,3-4,6,8-10,15H2. The highest BCUT2D eigenvalue weighted by Crippen LogP contribution is 2.45. The molecule has 0 bridgehead atoms. The Balaban J connectivity index is 1.91. The monoisotopic (exact) mass is 217 g/mol. The van der Waals surface area contributed by atoms with Crippen molar-refractivity contribution in [3.8, 4) is 5.75 Å². The van der Waals surface area contributed by atoms with Crippen molar-refractivity contribution in [1.29, 1.82) is 0 Å². The molecule has 1 aromatic rings. The Morgan fingerprint density at radius 2 is 2.19 bits per heavy atom. The van der Waals surface area contributed by atoms with Crippen molar-refractivity contribution in [2.45, 2.75) is 37.7 Å². The molecule has 2 nitrogen and oxygen atoms in total. The molecule has 0 saturated heterocycles. The normalized spacial score (nSPS) is 32.4. The summed E-state index contributed by atoms with van der Waals surface area (Å²) in [4.78, 5) is 0. The summed E-state index contributed by atoms with van der Waals surface area (Å²) in [5, 5.41) is 0. The van der Waals surface area contributed by atoms with Gasteiger partial charge in [0.05, 0.1) is 0 Å².